The van der Waals surface area contributed by atoms with Crippen molar-refractivity contribution in [3.63, 3.8) is 0 Å². The summed E-state index contributed by atoms with van der Waals surface area (Å²) in [4.78, 5) is 25.1. The van der Waals surface area contributed by atoms with Gasteiger partial charge in [-0.1, -0.05) is 34.7 Å². The molecule has 1 saturated heterocycles. The van der Waals surface area contributed by atoms with Gasteiger partial charge in [-0.2, -0.15) is 0 Å². The van der Waals surface area contributed by atoms with Gasteiger partial charge >= 0.3 is 0 Å². The van der Waals surface area contributed by atoms with Gasteiger partial charge in [-0.15, -0.1) is 5.10 Å². The molecule has 150 valence electrons. The molecule has 11 heteroatoms. The molecule has 3 heterocycles. The molecule has 3 aromatic rings. The smallest absolute Gasteiger partial charge is 0.233 e. The molecule has 1 aliphatic rings. The van der Waals surface area contributed by atoms with Crippen molar-refractivity contribution in [2.45, 2.75) is 4.34 Å². The van der Waals surface area contributed by atoms with E-state index in [4.69, 9.17) is 23.8 Å². The maximum absolute atomic E-state index is 12.6. The first-order valence-electron chi connectivity index (χ1n) is 8.89. The number of rotatable bonds is 5. The van der Waals surface area contributed by atoms with Crippen LogP contribution in [-0.4, -0.2) is 62.5 Å². The predicted molar refractivity (Wildman–Crippen MR) is 119 cm³/mol. The third kappa shape index (κ3) is 4.95. The number of hydrogen-bond donors (Lipinski definition) is 0. The van der Waals surface area contributed by atoms with Gasteiger partial charge in [0.2, 0.25) is 11.9 Å². The van der Waals surface area contributed by atoms with Gasteiger partial charge in [0, 0.05) is 43.6 Å². The van der Waals surface area contributed by atoms with Gasteiger partial charge in [-0.05, 0) is 42.5 Å². The Morgan fingerprint density at radius 3 is 2.52 bits per heavy atom. The van der Waals surface area contributed by atoms with Gasteiger partial charge in [0.15, 0.2) is 8.29 Å². The van der Waals surface area contributed by atoms with Crippen LogP contribution in [0.2, 0.25) is 5.02 Å². The van der Waals surface area contributed by atoms with E-state index >= 15 is 0 Å². The minimum Gasteiger partial charge on any atom is -0.338 e. The molecule has 1 aliphatic heterocycles. The number of aromatic nitrogens is 4. The van der Waals surface area contributed by atoms with Crippen molar-refractivity contribution in [3.8, 4) is 5.69 Å². The largest absolute Gasteiger partial charge is 0.338 e. The Hall–Kier alpha value is -2.01. The lowest BCUT2D eigenvalue weighted by molar-refractivity contribution is -0.128. The number of halogens is 1. The molecular formula is C18H17ClN6OS3. The van der Waals surface area contributed by atoms with Crippen molar-refractivity contribution < 1.29 is 4.79 Å². The van der Waals surface area contributed by atoms with Gasteiger partial charge in [-0.3, -0.25) is 4.79 Å². The van der Waals surface area contributed by atoms with Crippen LogP contribution in [0.3, 0.4) is 0 Å². The number of hydrogen-bond acceptors (Lipinski definition) is 8. The topological polar surface area (TPSA) is 67.2 Å². The fourth-order valence-corrected chi connectivity index (χ4v) is 5.28. The molecule has 0 bridgehead atoms. The molecule has 0 aliphatic carbocycles. The molecule has 29 heavy (non-hydrogen) atoms. The molecule has 1 aromatic carbocycles. The monoisotopic (exact) mass is 464 g/mol. The fourth-order valence-electron chi connectivity index (χ4n) is 2.89. The van der Waals surface area contributed by atoms with Crippen LogP contribution in [-0.2, 0) is 4.79 Å². The Labute approximate surface area is 186 Å². The maximum atomic E-state index is 12.6. The maximum Gasteiger partial charge on any atom is 0.233 e. The summed E-state index contributed by atoms with van der Waals surface area (Å²) in [5.74, 6) is 1.15. The molecule has 0 radical (unpaired) electrons. The average molecular weight is 465 g/mol. The Balaban J connectivity index is 1.32. The lowest BCUT2D eigenvalue weighted by Crippen LogP contribution is -2.49. The highest BCUT2D eigenvalue weighted by Crippen LogP contribution is 2.25. The van der Waals surface area contributed by atoms with Gasteiger partial charge < -0.3 is 9.80 Å². The van der Waals surface area contributed by atoms with E-state index in [1.54, 1.807) is 35.3 Å². The fraction of sp³-hybridized carbons (Fsp3) is 0.278. The molecule has 0 spiro atoms. The van der Waals surface area contributed by atoms with Crippen molar-refractivity contribution in [1.82, 2.24) is 24.6 Å². The Kier molecular flexibility index (Phi) is 6.43. The summed E-state index contributed by atoms with van der Waals surface area (Å²) in [5, 5.41) is 5.20. The van der Waals surface area contributed by atoms with E-state index < -0.39 is 0 Å². The molecule has 1 fully saturated rings. The average Bonchev–Trinajstić information content (AvgIpc) is 3.14. The Morgan fingerprint density at radius 1 is 1.14 bits per heavy atom. The molecule has 4 rings (SSSR count). The summed E-state index contributed by atoms with van der Waals surface area (Å²) in [6.45, 7) is 2.77. The zero-order valence-corrected chi connectivity index (χ0v) is 18.5. The Bertz CT molecular complexity index is 1030. The second kappa shape index (κ2) is 9.21. The van der Waals surface area contributed by atoms with Crippen LogP contribution in [0.1, 0.15) is 0 Å². The van der Waals surface area contributed by atoms with Crippen LogP contribution in [0.4, 0.5) is 5.95 Å². The van der Waals surface area contributed by atoms with Crippen LogP contribution in [0.25, 0.3) is 5.69 Å². The van der Waals surface area contributed by atoms with E-state index in [-0.39, 0.29) is 5.91 Å². The Morgan fingerprint density at radius 2 is 1.83 bits per heavy atom. The van der Waals surface area contributed by atoms with E-state index in [2.05, 4.69) is 20.0 Å². The number of thioether (sulfide) groups is 1. The van der Waals surface area contributed by atoms with Crippen molar-refractivity contribution >= 4 is 58.8 Å². The van der Waals surface area contributed by atoms with Crippen molar-refractivity contribution in [2.24, 2.45) is 0 Å². The normalized spacial score (nSPS) is 14.2. The van der Waals surface area contributed by atoms with Crippen molar-refractivity contribution in [1.29, 1.82) is 0 Å². The predicted octanol–water partition coefficient (Wildman–Crippen LogP) is 3.55. The zero-order chi connectivity index (χ0) is 20.2. The van der Waals surface area contributed by atoms with E-state index in [0.29, 0.717) is 33.8 Å². The van der Waals surface area contributed by atoms with Gasteiger partial charge in [0.25, 0.3) is 0 Å². The molecule has 7 nitrogen and oxygen atoms in total. The summed E-state index contributed by atoms with van der Waals surface area (Å²) in [6.07, 6.45) is 3.46. The van der Waals surface area contributed by atoms with E-state index in [0.717, 1.165) is 23.1 Å². The van der Waals surface area contributed by atoms with Gasteiger partial charge in [0.1, 0.15) is 0 Å². The minimum absolute atomic E-state index is 0.0998. The lowest BCUT2D eigenvalue weighted by atomic mass is 10.3. The van der Waals surface area contributed by atoms with E-state index in [1.807, 2.05) is 17.0 Å². The van der Waals surface area contributed by atoms with E-state index in [9.17, 15) is 4.79 Å². The first kappa shape index (κ1) is 20.3. The summed E-state index contributed by atoms with van der Waals surface area (Å²) in [6, 6.07) is 9.13. The molecule has 0 unspecified atom stereocenters. The summed E-state index contributed by atoms with van der Waals surface area (Å²) in [5.41, 5.74) is 0.855. The van der Waals surface area contributed by atoms with E-state index in [1.165, 1.54) is 23.1 Å². The number of amides is 1. The number of carbonyl (C=O) groups is 1. The van der Waals surface area contributed by atoms with Crippen LogP contribution in [0.5, 0.6) is 0 Å². The standard InChI is InChI=1S/C18H17ClN6OS3/c19-13-2-4-14(5-3-13)25-18(27)29-17(22-25)28-12-15(26)23-8-10-24(11-9-23)16-20-6-1-7-21-16/h1-7H,8-12H2. The first-order valence-corrected chi connectivity index (χ1v) is 11.5. The second-order valence-electron chi connectivity index (χ2n) is 6.23. The van der Waals surface area contributed by atoms with Crippen LogP contribution in [0.15, 0.2) is 47.1 Å². The van der Waals surface area contributed by atoms with Crippen molar-refractivity contribution in [2.75, 3.05) is 36.8 Å². The number of benzene rings is 1. The molecule has 0 N–H and O–H groups in total. The number of piperazine rings is 1. The molecule has 2 aromatic heterocycles. The molecular weight excluding hydrogens is 448 g/mol. The van der Waals surface area contributed by atoms with Crippen LogP contribution >= 0.6 is 46.9 Å². The second-order valence-corrected chi connectivity index (χ2v) is 9.51. The quantitative estimate of drug-likeness (QED) is 0.422. The lowest BCUT2D eigenvalue weighted by Gasteiger charge is -2.34. The molecule has 0 saturated carbocycles. The van der Waals surface area contributed by atoms with Gasteiger partial charge in [-0.25, -0.2) is 14.6 Å². The molecule has 1 amide bonds. The summed E-state index contributed by atoms with van der Waals surface area (Å²) in [7, 11) is 0. The van der Waals surface area contributed by atoms with Crippen LogP contribution < -0.4 is 4.90 Å². The minimum atomic E-state index is 0.0998. The van der Waals surface area contributed by atoms with Crippen molar-refractivity contribution in [3.05, 3.63) is 51.7 Å². The highest BCUT2D eigenvalue weighted by molar-refractivity contribution is 8.01. The number of nitrogens with zero attached hydrogens (tertiary/aromatic N) is 6. The highest BCUT2D eigenvalue weighted by atomic mass is 35.5. The van der Waals surface area contributed by atoms with Crippen LogP contribution in [0, 0.1) is 3.95 Å². The number of anilines is 1. The summed E-state index contributed by atoms with van der Waals surface area (Å²) < 4.78 is 3.11. The number of carbonyl (C=O) groups excluding carboxylic acids is 1. The third-order valence-electron chi connectivity index (χ3n) is 4.39. The zero-order valence-electron chi connectivity index (χ0n) is 15.3. The summed E-state index contributed by atoms with van der Waals surface area (Å²) >= 11 is 14.2. The van der Waals surface area contributed by atoms with Gasteiger partial charge in [0.05, 0.1) is 11.4 Å². The first-order chi connectivity index (χ1) is 14.1. The highest BCUT2D eigenvalue weighted by Gasteiger charge is 2.22. The molecule has 0 atom stereocenters. The SMILES string of the molecule is O=C(CSc1nn(-c2ccc(Cl)cc2)c(=S)s1)N1CCN(c2ncccn2)CC1. The third-order valence-corrected chi connectivity index (χ3v) is 6.99.